The number of thioether (sulfide) groups is 1. The molecule has 8 heteroatoms. The second-order valence-corrected chi connectivity index (χ2v) is 8.70. The van der Waals surface area contributed by atoms with E-state index in [1.165, 1.54) is 4.90 Å². The van der Waals surface area contributed by atoms with E-state index in [0.29, 0.717) is 4.91 Å². The van der Waals surface area contributed by atoms with Crippen LogP contribution in [0.25, 0.3) is 17.0 Å². The Balaban J connectivity index is 2.10. The number of hydrogen-bond acceptors (Lipinski definition) is 5. The summed E-state index contributed by atoms with van der Waals surface area (Å²) >= 11 is 6.48. The molecule has 1 amide bonds. The van der Waals surface area contributed by atoms with E-state index in [4.69, 9.17) is 17.0 Å². The monoisotopic (exact) mass is 418 g/mol. The van der Waals surface area contributed by atoms with Crippen molar-refractivity contribution in [3.05, 3.63) is 34.4 Å². The van der Waals surface area contributed by atoms with Crippen molar-refractivity contribution in [2.45, 2.75) is 26.8 Å². The summed E-state index contributed by atoms with van der Waals surface area (Å²) in [5, 5.41) is 10.5. The van der Waals surface area contributed by atoms with Gasteiger partial charge in [-0.15, -0.1) is 0 Å². The van der Waals surface area contributed by atoms with Gasteiger partial charge in [-0.25, -0.2) is 4.79 Å². The molecule has 3 rings (SSSR count). The summed E-state index contributed by atoms with van der Waals surface area (Å²) in [6.07, 6.45) is 1.80. The molecule has 0 radical (unpaired) electrons. The largest absolute Gasteiger partial charge is 0.497 e. The van der Waals surface area contributed by atoms with Gasteiger partial charge in [-0.3, -0.25) is 9.69 Å². The van der Waals surface area contributed by atoms with Gasteiger partial charge in [0.25, 0.3) is 5.91 Å². The van der Waals surface area contributed by atoms with Crippen molar-refractivity contribution in [1.82, 2.24) is 9.47 Å². The first-order valence-corrected chi connectivity index (χ1v) is 10.0. The zero-order chi connectivity index (χ0) is 20.7. The number of carboxylic acids is 1. The summed E-state index contributed by atoms with van der Waals surface area (Å²) in [7, 11) is 3.58. The van der Waals surface area contributed by atoms with Crippen molar-refractivity contribution in [1.29, 1.82) is 0 Å². The van der Waals surface area contributed by atoms with E-state index in [1.54, 1.807) is 27.0 Å². The van der Waals surface area contributed by atoms with E-state index < -0.39 is 12.0 Å². The smallest absolute Gasteiger partial charge is 0.327 e. The number of thiocarbonyl (C=S) groups is 1. The van der Waals surface area contributed by atoms with Gasteiger partial charge in [0.15, 0.2) is 0 Å². The van der Waals surface area contributed by atoms with Gasteiger partial charge in [-0.05, 0) is 37.1 Å². The van der Waals surface area contributed by atoms with Crippen molar-refractivity contribution in [3.8, 4) is 5.75 Å². The molecule has 0 saturated carbocycles. The van der Waals surface area contributed by atoms with Crippen LogP contribution in [0.5, 0.6) is 5.75 Å². The highest BCUT2D eigenvalue weighted by Crippen LogP contribution is 2.38. The second-order valence-electron chi connectivity index (χ2n) is 7.02. The summed E-state index contributed by atoms with van der Waals surface area (Å²) in [6.45, 7) is 5.51. The average Bonchev–Trinajstić information content (AvgIpc) is 3.04. The Hall–Kier alpha value is -2.32. The predicted molar refractivity (Wildman–Crippen MR) is 115 cm³/mol. The van der Waals surface area contributed by atoms with E-state index in [0.717, 1.165) is 39.7 Å². The first kappa shape index (κ1) is 20.4. The van der Waals surface area contributed by atoms with E-state index in [1.807, 2.05) is 32.2 Å². The van der Waals surface area contributed by atoms with Gasteiger partial charge in [0.2, 0.25) is 0 Å². The van der Waals surface area contributed by atoms with Gasteiger partial charge in [0.1, 0.15) is 16.1 Å². The molecule has 148 valence electrons. The molecule has 6 nitrogen and oxygen atoms in total. The minimum atomic E-state index is -1.06. The zero-order valence-electron chi connectivity index (χ0n) is 16.3. The van der Waals surface area contributed by atoms with Crippen LogP contribution in [0.1, 0.15) is 25.1 Å². The number of nitrogens with zero attached hydrogens (tertiary/aromatic N) is 2. The molecule has 2 aromatic rings. The molecule has 1 aliphatic heterocycles. The van der Waals surface area contributed by atoms with E-state index in [-0.39, 0.29) is 16.1 Å². The van der Waals surface area contributed by atoms with Crippen LogP contribution in [-0.4, -0.2) is 43.9 Å². The molecule has 1 aromatic carbocycles. The number of ether oxygens (including phenoxy) is 1. The predicted octanol–water partition coefficient (Wildman–Crippen LogP) is 3.81. The summed E-state index contributed by atoms with van der Waals surface area (Å²) in [5.74, 6) is -0.956. The van der Waals surface area contributed by atoms with Crippen molar-refractivity contribution >= 4 is 57.2 Å². The summed E-state index contributed by atoms with van der Waals surface area (Å²) in [4.78, 5) is 26.3. The van der Waals surface area contributed by atoms with Gasteiger partial charge < -0.3 is 14.4 Å². The number of aliphatic carboxylic acids is 1. The van der Waals surface area contributed by atoms with E-state index in [2.05, 4.69) is 4.57 Å². The van der Waals surface area contributed by atoms with Crippen LogP contribution in [0.2, 0.25) is 0 Å². The number of aryl methyl sites for hydroxylation is 1. The Labute approximate surface area is 173 Å². The van der Waals surface area contributed by atoms with Crippen molar-refractivity contribution in [2.75, 3.05) is 7.11 Å². The van der Waals surface area contributed by atoms with Gasteiger partial charge in [-0.1, -0.05) is 37.8 Å². The number of benzene rings is 1. The number of amides is 1. The zero-order valence-corrected chi connectivity index (χ0v) is 18.0. The van der Waals surface area contributed by atoms with Crippen molar-refractivity contribution in [3.63, 3.8) is 0 Å². The summed E-state index contributed by atoms with van der Waals surface area (Å²) in [5.41, 5.74) is 2.91. The molecular formula is C20H22N2O4S2. The lowest BCUT2D eigenvalue weighted by molar-refractivity contribution is -0.146. The fourth-order valence-electron chi connectivity index (χ4n) is 3.43. The van der Waals surface area contributed by atoms with Crippen molar-refractivity contribution in [2.24, 2.45) is 13.0 Å². The molecular weight excluding hydrogens is 396 g/mol. The summed E-state index contributed by atoms with van der Waals surface area (Å²) in [6, 6.07) is 4.82. The minimum absolute atomic E-state index is 0.261. The fourth-order valence-corrected chi connectivity index (χ4v) is 4.74. The third-order valence-electron chi connectivity index (χ3n) is 5.01. The molecule has 1 N–H and O–H groups in total. The highest BCUT2D eigenvalue weighted by Gasteiger charge is 2.42. The van der Waals surface area contributed by atoms with Gasteiger partial charge in [0, 0.05) is 29.2 Å². The van der Waals surface area contributed by atoms with E-state index >= 15 is 0 Å². The van der Waals surface area contributed by atoms with Crippen LogP contribution in [-0.2, 0) is 16.6 Å². The van der Waals surface area contributed by atoms with E-state index in [9.17, 15) is 14.7 Å². The standard InChI is InChI=1S/C20H22N2O4S2/c1-10(2)17(19(24)25)22-18(23)16(28-20(22)27)9-13-11(3)21(4)15-7-6-12(26-5)8-14(13)15/h6-10,17H,1-5H3,(H,24,25)/b16-9-/t17-/m1/s1. The van der Waals surface area contributed by atoms with Gasteiger partial charge >= 0.3 is 5.97 Å². The lowest BCUT2D eigenvalue weighted by atomic mass is 10.0. The molecule has 1 aromatic heterocycles. The molecule has 0 aliphatic carbocycles. The first-order valence-electron chi connectivity index (χ1n) is 8.80. The number of carboxylic acid groups (broad SMARTS) is 1. The maximum atomic E-state index is 13.0. The molecule has 1 atom stereocenters. The Morgan fingerprint density at radius 2 is 2.04 bits per heavy atom. The number of rotatable bonds is 5. The molecule has 1 aliphatic rings. The van der Waals surface area contributed by atoms with Gasteiger partial charge in [0.05, 0.1) is 12.0 Å². The van der Waals surface area contributed by atoms with Crippen LogP contribution in [0.4, 0.5) is 0 Å². The molecule has 28 heavy (non-hydrogen) atoms. The molecule has 0 unspecified atom stereocenters. The molecule has 0 bridgehead atoms. The number of methoxy groups -OCH3 is 1. The molecule has 1 saturated heterocycles. The Kier molecular flexibility index (Phi) is 5.54. The third kappa shape index (κ3) is 3.31. The van der Waals surface area contributed by atoms with Crippen LogP contribution in [0.15, 0.2) is 23.1 Å². The average molecular weight is 419 g/mol. The van der Waals surface area contributed by atoms with Crippen LogP contribution >= 0.6 is 24.0 Å². The second kappa shape index (κ2) is 7.60. The topological polar surface area (TPSA) is 71.8 Å². The van der Waals surface area contributed by atoms with Crippen LogP contribution in [0.3, 0.4) is 0 Å². The SMILES string of the molecule is COc1ccc2c(c1)c(/C=C1\SC(=S)N([C@@H](C(=O)O)C(C)C)C1=O)c(C)n2C. The van der Waals surface area contributed by atoms with Crippen LogP contribution in [0, 0.1) is 12.8 Å². The number of carbonyl (C=O) groups excluding carboxylic acids is 1. The molecule has 1 fully saturated rings. The Morgan fingerprint density at radius 1 is 1.36 bits per heavy atom. The lowest BCUT2D eigenvalue weighted by Gasteiger charge is -2.26. The first-order chi connectivity index (χ1) is 13.2. The number of hydrogen-bond donors (Lipinski definition) is 1. The molecule has 2 heterocycles. The highest BCUT2D eigenvalue weighted by molar-refractivity contribution is 8.26. The van der Waals surface area contributed by atoms with Crippen LogP contribution < -0.4 is 4.74 Å². The minimum Gasteiger partial charge on any atom is -0.497 e. The highest BCUT2D eigenvalue weighted by atomic mass is 32.2. The van der Waals surface area contributed by atoms with Gasteiger partial charge in [-0.2, -0.15) is 0 Å². The Morgan fingerprint density at radius 3 is 2.61 bits per heavy atom. The number of aromatic nitrogens is 1. The maximum Gasteiger partial charge on any atom is 0.327 e. The maximum absolute atomic E-state index is 13.0. The lowest BCUT2D eigenvalue weighted by Crippen LogP contribution is -2.47. The normalized spacial score (nSPS) is 17.2. The summed E-state index contributed by atoms with van der Waals surface area (Å²) < 4.78 is 7.66. The number of fused-ring (bicyclic) bond motifs is 1. The fraction of sp³-hybridized carbons (Fsp3) is 0.350. The van der Waals surface area contributed by atoms with Crippen molar-refractivity contribution < 1.29 is 19.4 Å². The quantitative estimate of drug-likeness (QED) is 0.588. The third-order valence-corrected chi connectivity index (χ3v) is 6.34. The Bertz CT molecular complexity index is 1020. The molecule has 0 spiro atoms. The number of carbonyl (C=O) groups is 2.